The zero-order valence-electron chi connectivity index (χ0n) is 14.5. The van der Waals surface area contributed by atoms with Gasteiger partial charge in [-0.15, -0.1) is 0 Å². The van der Waals surface area contributed by atoms with Gasteiger partial charge in [0.05, 0.1) is 13.7 Å². The Kier molecular flexibility index (Phi) is 6.59. The third-order valence-corrected chi connectivity index (χ3v) is 3.52. The molecule has 0 fully saturated rings. The van der Waals surface area contributed by atoms with Crippen LogP contribution in [0.1, 0.15) is 11.1 Å². The summed E-state index contributed by atoms with van der Waals surface area (Å²) in [5.74, 6) is 0.481. The number of amides is 1. The molecule has 7 heteroatoms. The monoisotopic (exact) mass is 358 g/mol. The Bertz CT molecular complexity index is 744. The maximum absolute atomic E-state index is 11.9. The van der Waals surface area contributed by atoms with E-state index in [4.69, 9.17) is 17.0 Å². The molecule has 4 N–H and O–H groups in total. The number of rotatable bonds is 5. The maximum Gasteiger partial charge on any atom is 0.257 e. The van der Waals surface area contributed by atoms with Crippen LogP contribution in [0.25, 0.3) is 0 Å². The molecule has 2 aromatic rings. The van der Waals surface area contributed by atoms with Gasteiger partial charge in [0.15, 0.2) is 5.11 Å². The number of hydrogen-bond donors (Lipinski definition) is 4. The van der Waals surface area contributed by atoms with Crippen LogP contribution in [0.2, 0.25) is 0 Å². The van der Waals surface area contributed by atoms with Crippen LogP contribution in [-0.4, -0.2) is 24.7 Å². The molecule has 0 saturated carbocycles. The van der Waals surface area contributed by atoms with E-state index in [-0.39, 0.29) is 12.5 Å². The van der Waals surface area contributed by atoms with Gasteiger partial charge in [-0.25, -0.2) is 0 Å². The molecule has 25 heavy (non-hydrogen) atoms. The highest BCUT2D eigenvalue weighted by molar-refractivity contribution is 7.80. The number of carbonyl (C=O) groups excluding carboxylic acids is 1. The van der Waals surface area contributed by atoms with Crippen molar-refractivity contribution < 1.29 is 9.53 Å². The van der Waals surface area contributed by atoms with Gasteiger partial charge in [-0.05, 0) is 61.5 Å². The molecule has 0 spiro atoms. The average molecular weight is 358 g/mol. The number of thiocarbonyl (C=S) groups is 1. The van der Waals surface area contributed by atoms with E-state index < -0.39 is 0 Å². The Hall–Kier alpha value is -2.80. The summed E-state index contributed by atoms with van der Waals surface area (Å²) in [4.78, 5) is 11.9. The summed E-state index contributed by atoms with van der Waals surface area (Å²) in [5.41, 5.74) is 9.17. The zero-order chi connectivity index (χ0) is 18.2. The number of hydrazine groups is 1. The third kappa shape index (κ3) is 6.31. The summed E-state index contributed by atoms with van der Waals surface area (Å²) in [6.45, 7) is 4.13. The molecule has 0 bridgehead atoms. The summed E-state index contributed by atoms with van der Waals surface area (Å²) >= 11 is 5.18. The summed E-state index contributed by atoms with van der Waals surface area (Å²) in [6.07, 6.45) is 0. The Morgan fingerprint density at radius 1 is 1.04 bits per heavy atom. The van der Waals surface area contributed by atoms with Crippen molar-refractivity contribution in [3.8, 4) is 5.75 Å². The van der Waals surface area contributed by atoms with Crippen molar-refractivity contribution in [2.24, 2.45) is 0 Å². The Morgan fingerprint density at radius 2 is 1.76 bits per heavy atom. The number of benzene rings is 2. The standard InChI is InChI=1S/C18H22N4O2S/c1-12-7-13(2)9-15(8-12)20-18(25)22-21-17(23)11-19-14-5-4-6-16(10-14)24-3/h4-10,19H,11H2,1-3H3,(H,21,23)(H2,20,22,25). The second-order valence-electron chi connectivity index (χ2n) is 5.59. The van der Waals surface area contributed by atoms with Crippen LogP contribution in [0.3, 0.4) is 0 Å². The SMILES string of the molecule is COc1cccc(NCC(=O)NNC(=S)Nc2cc(C)cc(C)c2)c1. The van der Waals surface area contributed by atoms with E-state index in [1.54, 1.807) is 7.11 Å². The first-order valence-corrected chi connectivity index (χ1v) is 8.19. The van der Waals surface area contributed by atoms with Crippen LogP contribution in [0.5, 0.6) is 5.75 Å². The molecule has 6 nitrogen and oxygen atoms in total. The smallest absolute Gasteiger partial charge is 0.257 e. The molecule has 0 aromatic heterocycles. The number of methoxy groups -OCH3 is 1. The fourth-order valence-corrected chi connectivity index (χ4v) is 2.46. The van der Waals surface area contributed by atoms with E-state index in [9.17, 15) is 4.79 Å². The predicted octanol–water partition coefficient (Wildman–Crippen LogP) is 2.74. The Balaban J connectivity index is 1.76. The molecule has 0 aliphatic rings. The van der Waals surface area contributed by atoms with Crippen molar-refractivity contribution in [3.63, 3.8) is 0 Å². The van der Waals surface area contributed by atoms with Gasteiger partial charge >= 0.3 is 0 Å². The predicted molar refractivity (Wildman–Crippen MR) is 105 cm³/mol. The molecule has 0 heterocycles. The Labute approximate surface area is 152 Å². The minimum absolute atomic E-state index is 0.104. The molecule has 2 aromatic carbocycles. The lowest BCUT2D eigenvalue weighted by atomic mass is 10.1. The van der Waals surface area contributed by atoms with Crippen molar-refractivity contribution in [1.29, 1.82) is 0 Å². The van der Waals surface area contributed by atoms with Crippen LogP contribution in [0.4, 0.5) is 11.4 Å². The quantitative estimate of drug-likeness (QED) is 0.487. The Morgan fingerprint density at radius 3 is 2.44 bits per heavy atom. The molecule has 132 valence electrons. The van der Waals surface area contributed by atoms with Gasteiger partial charge in [-0.2, -0.15) is 0 Å². The minimum Gasteiger partial charge on any atom is -0.497 e. The molecular weight excluding hydrogens is 336 g/mol. The van der Waals surface area contributed by atoms with Crippen molar-refractivity contribution in [1.82, 2.24) is 10.9 Å². The molecule has 0 aliphatic heterocycles. The number of carbonyl (C=O) groups is 1. The van der Waals surface area contributed by atoms with Crippen molar-refractivity contribution in [2.45, 2.75) is 13.8 Å². The summed E-state index contributed by atoms with van der Waals surface area (Å²) in [6, 6.07) is 13.4. The second kappa shape index (κ2) is 8.89. The van der Waals surface area contributed by atoms with E-state index in [0.29, 0.717) is 5.11 Å². The van der Waals surface area contributed by atoms with E-state index in [0.717, 1.165) is 28.3 Å². The number of aryl methyl sites for hydroxylation is 2. The molecule has 0 saturated heterocycles. The molecular formula is C18H22N4O2S. The first-order chi connectivity index (χ1) is 12.0. The van der Waals surface area contributed by atoms with Gasteiger partial charge in [0.2, 0.25) is 0 Å². The normalized spacial score (nSPS) is 9.88. The van der Waals surface area contributed by atoms with Crippen LogP contribution in [0.15, 0.2) is 42.5 Å². The lowest BCUT2D eigenvalue weighted by Crippen LogP contribution is -2.45. The van der Waals surface area contributed by atoms with Crippen molar-refractivity contribution >= 4 is 34.6 Å². The van der Waals surface area contributed by atoms with E-state index in [1.807, 2.05) is 50.2 Å². The van der Waals surface area contributed by atoms with Gasteiger partial charge in [0.1, 0.15) is 5.75 Å². The second-order valence-corrected chi connectivity index (χ2v) is 6.00. The van der Waals surface area contributed by atoms with Crippen molar-refractivity contribution in [3.05, 3.63) is 53.6 Å². The van der Waals surface area contributed by atoms with E-state index in [2.05, 4.69) is 27.6 Å². The van der Waals surface area contributed by atoms with Gasteiger partial charge < -0.3 is 15.4 Å². The lowest BCUT2D eigenvalue weighted by molar-refractivity contribution is -0.119. The highest BCUT2D eigenvalue weighted by Gasteiger charge is 2.04. The van der Waals surface area contributed by atoms with E-state index in [1.165, 1.54) is 0 Å². The number of hydrogen-bond acceptors (Lipinski definition) is 4. The first-order valence-electron chi connectivity index (χ1n) is 7.78. The van der Waals surface area contributed by atoms with Gasteiger partial charge in [-0.3, -0.25) is 15.6 Å². The molecule has 0 unspecified atom stereocenters. The largest absolute Gasteiger partial charge is 0.497 e. The molecule has 0 radical (unpaired) electrons. The molecule has 2 rings (SSSR count). The summed E-state index contributed by atoms with van der Waals surface area (Å²) in [5, 5.41) is 6.37. The van der Waals surface area contributed by atoms with Gasteiger partial charge in [0, 0.05) is 17.4 Å². The molecule has 1 amide bonds. The fourth-order valence-electron chi connectivity index (χ4n) is 2.30. The summed E-state index contributed by atoms with van der Waals surface area (Å²) in [7, 11) is 1.60. The number of nitrogens with one attached hydrogen (secondary N) is 4. The number of anilines is 2. The topological polar surface area (TPSA) is 74.4 Å². The van der Waals surface area contributed by atoms with Crippen LogP contribution >= 0.6 is 12.2 Å². The molecule has 0 atom stereocenters. The summed E-state index contributed by atoms with van der Waals surface area (Å²) < 4.78 is 5.14. The van der Waals surface area contributed by atoms with Crippen LogP contribution < -0.4 is 26.2 Å². The highest BCUT2D eigenvalue weighted by Crippen LogP contribution is 2.16. The highest BCUT2D eigenvalue weighted by atomic mass is 32.1. The maximum atomic E-state index is 11.9. The zero-order valence-corrected chi connectivity index (χ0v) is 15.3. The van der Waals surface area contributed by atoms with Gasteiger partial charge in [-0.1, -0.05) is 12.1 Å². The fraction of sp³-hybridized carbons (Fsp3) is 0.222. The van der Waals surface area contributed by atoms with Crippen LogP contribution in [0, 0.1) is 13.8 Å². The minimum atomic E-state index is -0.243. The molecule has 0 aliphatic carbocycles. The van der Waals surface area contributed by atoms with E-state index >= 15 is 0 Å². The van der Waals surface area contributed by atoms with Gasteiger partial charge in [0.25, 0.3) is 5.91 Å². The third-order valence-electron chi connectivity index (χ3n) is 3.32. The van der Waals surface area contributed by atoms with Crippen LogP contribution in [-0.2, 0) is 4.79 Å². The number of ether oxygens (including phenoxy) is 1. The lowest BCUT2D eigenvalue weighted by Gasteiger charge is -2.13. The van der Waals surface area contributed by atoms with Crippen molar-refractivity contribution in [2.75, 3.05) is 24.3 Å². The first kappa shape index (κ1) is 18.5. The average Bonchev–Trinajstić information content (AvgIpc) is 2.57.